The largest absolute Gasteiger partial charge is 0.382 e. The molecular weight excluding hydrogens is 369 g/mol. The molecule has 3 aliphatic heterocycles. The van der Waals surface area contributed by atoms with Crippen LogP contribution in [0.15, 0.2) is 0 Å². The van der Waals surface area contributed by atoms with Crippen molar-refractivity contribution < 1.29 is 28.4 Å². The zero-order valence-corrected chi connectivity index (χ0v) is 17.9. The summed E-state index contributed by atoms with van der Waals surface area (Å²) in [4.78, 5) is 0. The number of hydrogen-bond acceptors (Lipinski definition) is 6. The van der Waals surface area contributed by atoms with E-state index >= 15 is 0 Å². The summed E-state index contributed by atoms with van der Waals surface area (Å²) in [6.07, 6.45) is 3.38. The van der Waals surface area contributed by atoms with Crippen molar-refractivity contribution in [1.29, 1.82) is 0 Å². The van der Waals surface area contributed by atoms with Gasteiger partial charge in [0.15, 0.2) is 0 Å². The maximum Gasteiger partial charge on any atom is 0.109 e. The van der Waals surface area contributed by atoms with Crippen molar-refractivity contribution in [1.82, 2.24) is 0 Å². The van der Waals surface area contributed by atoms with Gasteiger partial charge in [-0.05, 0) is 49.4 Å². The van der Waals surface area contributed by atoms with Gasteiger partial charge in [-0.25, -0.2) is 0 Å². The third kappa shape index (κ3) is 5.81. The van der Waals surface area contributed by atoms with E-state index in [0.29, 0.717) is 31.7 Å². The van der Waals surface area contributed by atoms with Gasteiger partial charge in [-0.15, -0.1) is 0 Å². The molecule has 9 heteroatoms. The predicted molar refractivity (Wildman–Crippen MR) is 111 cm³/mol. The van der Waals surface area contributed by atoms with Gasteiger partial charge in [0.1, 0.15) is 23.5 Å². The Labute approximate surface area is 179 Å². The summed E-state index contributed by atoms with van der Waals surface area (Å²) >= 11 is 0. The summed E-state index contributed by atoms with van der Waals surface area (Å²) < 4.78 is 34.0. The Kier molecular flexibility index (Phi) is 8.96. The van der Waals surface area contributed by atoms with Gasteiger partial charge in [0.2, 0.25) is 0 Å². The summed E-state index contributed by atoms with van der Waals surface area (Å²) in [6.45, 7) is 1.60. The van der Waals surface area contributed by atoms with E-state index in [0.717, 1.165) is 25.7 Å². The molecule has 0 aromatic carbocycles. The molecule has 3 fully saturated rings. The smallest absolute Gasteiger partial charge is 0.109 e. The summed E-state index contributed by atoms with van der Waals surface area (Å²) in [5.41, 5.74) is 0. The molecule has 0 aromatic heterocycles. The first-order chi connectivity index (χ1) is 14.0. The van der Waals surface area contributed by atoms with Crippen LogP contribution < -0.4 is 0 Å². The van der Waals surface area contributed by atoms with Crippen molar-refractivity contribution in [2.24, 2.45) is 23.7 Å². The molecule has 10 atom stereocenters. The molecule has 6 nitrogen and oxygen atoms in total. The second kappa shape index (κ2) is 11.0. The molecule has 0 amide bonds. The average Bonchev–Trinajstić information content (AvgIpc) is 3.28. The van der Waals surface area contributed by atoms with E-state index in [1.807, 2.05) is 0 Å². The lowest BCUT2D eigenvalue weighted by atomic mass is 9.69. The van der Waals surface area contributed by atoms with E-state index < -0.39 is 0 Å². The normalized spacial score (nSPS) is 45.2. The Morgan fingerprint density at radius 3 is 1.59 bits per heavy atom. The van der Waals surface area contributed by atoms with Gasteiger partial charge < -0.3 is 28.4 Å². The van der Waals surface area contributed by atoms with E-state index in [4.69, 9.17) is 52.0 Å². The molecule has 0 aliphatic carbocycles. The van der Waals surface area contributed by atoms with Crippen molar-refractivity contribution in [3.05, 3.63) is 0 Å². The maximum atomic E-state index is 6.46. The molecule has 3 aliphatic rings. The summed E-state index contributed by atoms with van der Waals surface area (Å²) in [5, 5.41) is 0. The summed E-state index contributed by atoms with van der Waals surface area (Å²) in [5.74, 6) is 1.05. The fourth-order valence-electron chi connectivity index (χ4n) is 5.44. The topological polar surface area (TPSA) is 55.4 Å². The Balaban J connectivity index is 1.71. The van der Waals surface area contributed by atoms with E-state index in [1.165, 1.54) is 0 Å². The van der Waals surface area contributed by atoms with Crippen molar-refractivity contribution in [3.63, 3.8) is 0 Å². The Hall–Kier alpha value is -0.0452. The first kappa shape index (κ1) is 23.6. The predicted octanol–water partition coefficient (Wildman–Crippen LogP) is 0.631. The summed E-state index contributed by atoms with van der Waals surface area (Å²) in [7, 11) is 23.7. The molecule has 3 saturated heterocycles. The van der Waals surface area contributed by atoms with Gasteiger partial charge in [-0.2, -0.15) is 0 Å². The van der Waals surface area contributed by atoms with E-state index in [9.17, 15) is 0 Å². The molecule has 158 valence electrons. The molecule has 0 aromatic rings. The molecule has 0 N–H and O–H groups in total. The first-order valence-corrected chi connectivity index (χ1v) is 10.7. The molecule has 3 heterocycles. The van der Waals surface area contributed by atoms with Gasteiger partial charge >= 0.3 is 0 Å². The third-order valence-corrected chi connectivity index (χ3v) is 6.74. The van der Waals surface area contributed by atoms with Crippen molar-refractivity contribution in [2.75, 3.05) is 41.2 Å². The van der Waals surface area contributed by atoms with Crippen LogP contribution in [0.25, 0.3) is 0 Å². The SMILES string of the molecule is [B]C1CC(CC2C([B])OC(COC)C2CC2CC([B])OC2COC)C(COC)O1. The van der Waals surface area contributed by atoms with Gasteiger partial charge in [-0.3, -0.25) is 0 Å². The van der Waals surface area contributed by atoms with Crippen molar-refractivity contribution in [3.8, 4) is 0 Å². The highest BCUT2D eigenvalue weighted by Crippen LogP contribution is 2.45. The fraction of sp³-hybridized carbons (Fsp3) is 1.00. The minimum atomic E-state index is -0.336. The van der Waals surface area contributed by atoms with Crippen LogP contribution in [0, 0.1) is 23.7 Å². The minimum Gasteiger partial charge on any atom is -0.382 e. The summed E-state index contributed by atoms with van der Waals surface area (Å²) in [6, 6.07) is -0.834. The van der Waals surface area contributed by atoms with Crippen LogP contribution in [0.4, 0.5) is 0 Å². The van der Waals surface area contributed by atoms with Crippen LogP contribution in [0.1, 0.15) is 25.7 Å². The maximum absolute atomic E-state index is 6.46. The Morgan fingerprint density at radius 2 is 1.10 bits per heavy atom. The average molecular weight is 402 g/mol. The number of hydrogen-bond donors (Lipinski definition) is 0. The van der Waals surface area contributed by atoms with Gasteiger partial charge in [0.05, 0.1) is 38.1 Å². The lowest BCUT2D eigenvalue weighted by molar-refractivity contribution is -0.00965. The molecule has 0 bridgehead atoms. The quantitative estimate of drug-likeness (QED) is 0.500. The highest BCUT2D eigenvalue weighted by Gasteiger charge is 2.47. The fourth-order valence-corrected chi connectivity index (χ4v) is 5.44. The minimum absolute atomic E-state index is 0.000135. The molecule has 0 saturated carbocycles. The number of rotatable bonds is 10. The van der Waals surface area contributed by atoms with Crippen LogP contribution >= 0.6 is 0 Å². The Morgan fingerprint density at radius 1 is 0.655 bits per heavy atom. The highest BCUT2D eigenvalue weighted by molar-refractivity contribution is 6.11. The molecular formula is C20H33B3O6. The molecule has 10 unspecified atom stereocenters. The molecule has 3 rings (SSSR count). The van der Waals surface area contributed by atoms with Crippen LogP contribution in [0.2, 0.25) is 0 Å². The highest BCUT2D eigenvalue weighted by atomic mass is 16.5. The van der Waals surface area contributed by atoms with Crippen molar-refractivity contribution in [2.45, 2.75) is 62.0 Å². The van der Waals surface area contributed by atoms with Crippen LogP contribution in [-0.4, -0.2) is 101 Å². The van der Waals surface area contributed by atoms with E-state index in [1.54, 1.807) is 21.3 Å². The molecule has 6 radical (unpaired) electrons. The number of methoxy groups -OCH3 is 3. The van der Waals surface area contributed by atoms with Gasteiger partial charge in [0, 0.05) is 39.3 Å². The first-order valence-electron chi connectivity index (χ1n) is 10.7. The van der Waals surface area contributed by atoms with E-state index in [-0.39, 0.29) is 48.2 Å². The van der Waals surface area contributed by atoms with Crippen molar-refractivity contribution >= 4 is 23.5 Å². The van der Waals surface area contributed by atoms with Gasteiger partial charge in [-0.1, -0.05) is 0 Å². The Bertz CT molecular complexity index is 501. The van der Waals surface area contributed by atoms with Crippen LogP contribution in [0.5, 0.6) is 0 Å². The van der Waals surface area contributed by atoms with Crippen LogP contribution in [-0.2, 0) is 28.4 Å². The zero-order valence-electron chi connectivity index (χ0n) is 17.9. The lowest BCUT2D eigenvalue weighted by Gasteiger charge is -2.30. The number of ether oxygens (including phenoxy) is 6. The molecule has 29 heavy (non-hydrogen) atoms. The van der Waals surface area contributed by atoms with Crippen LogP contribution in [0.3, 0.4) is 0 Å². The second-order valence-corrected chi connectivity index (χ2v) is 8.72. The van der Waals surface area contributed by atoms with Gasteiger partial charge in [0.25, 0.3) is 0 Å². The third-order valence-electron chi connectivity index (χ3n) is 6.74. The standard InChI is InChI=1S/C20H33B3O6/c1-24-8-15-11(6-18(21)27-15)4-13-14(20(23)29-17(13)10-26-3)5-12-7-19(22)28-16(12)9-25-2/h11-20H,4-10H2,1-3H3. The second-order valence-electron chi connectivity index (χ2n) is 8.72. The zero-order chi connectivity index (χ0) is 21.0. The lowest BCUT2D eigenvalue weighted by Crippen LogP contribution is -2.33. The monoisotopic (exact) mass is 402 g/mol. The molecule has 0 spiro atoms. The van der Waals surface area contributed by atoms with E-state index in [2.05, 4.69) is 0 Å².